The number of rotatable bonds is 5. The summed E-state index contributed by atoms with van der Waals surface area (Å²) in [6.07, 6.45) is 1.08. The van der Waals surface area contributed by atoms with Crippen LogP contribution in [0.1, 0.15) is 34.7 Å². The van der Waals surface area contributed by atoms with Crippen molar-refractivity contribution >= 4 is 61.8 Å². The molecule has 0 saturated heterocycles. The Bertz CT molecular complexity index is 545. The van der Waals surface area contributed by atoms with E-state index < -0.39 is 0 Å². The van der Waals surface area contributed by atoms with Crippen LogP contribution >= 0.6 is 61.8 Å². The highest BCUT2D eigenvalue weighted by atomic mass is 79.9. The van der Waals surface area contributed by atoms with Gasteiger partial charge in [-0.05, 0) is 48.0 Å². The number of hydrogen-bond acceptors (Lipinski definition) is 3. The van der Waals surface area contributed by atoms with Crippen molar-refractivity contribution in [2.24, 2.45) is 0 Å². The van der Waals surface area contributed by atoms with Crippen molar-refractivity contribution in [1.82, 2.24) is 5.32 Å². The van der Waals surface area contributed by atoms with Crippen LogP contribution in [0, 0.1) is 6.92 Å². The van der Waals surface area contributed by atoms with E-state index >= 15 is 0 Å². The summed E-state index contributed by atoms with van der Waals surface area (Å²) >= 11 is 19.1. The Kier molecular flexibility index (Phi) is 5.76. The molecule has 0 spiro atoms. The molecule has 1 nitrogen and oxygen atoms in total. The zero-order valence-electron chi connectivity index (χ0n) is 10.6. The van der Waals surface area contributed by atoms with Gasteiger partial charge in [0.05, 0.1) is 14.7 Å². The predicted molar refractivity (Wildman–Crippen MR) is 91.2 cm³/mol. The van der Waals surface area contributed by atoms with Gasteiger partial charge in [-0.25, -0.2) is 0 Å². The van der Waals surface area contributed by atoms with E-state index in [1.54, 1.807) is 11.3 Å². The summed E-state index contributed by atoms with van der Waals surface area (Å²) in [4.78, 5) is 2.53. The van der Waals surface area contributed by atoms with Crippen molar-refractivity contribution in [3.8, 4) is 0 Å². The summed E-state index contributed by atoms with van der Waals surface area (Å²) in [6, 6.07) is 4.24. The molecule has 0 aliphatic carbocycles. The molecule has 6 heteroatoms. The zero-order chi connectivity index (χ0) is 14.0. The second-order valence-electron chi connectivity index (χ2n) is 4.22. The molecule has 2 aromatic heterocycles. The Morgan fingerprint density at radius 2 is 2.05 bits per heavy atom. The highest BCUT2D eigenvalue weighted by Gasteiger charge is 2.21. The summed E-state index contributed by atoms with van der Waals surface area (Å²) in [5.41, 5.74) is 1.07. The number of halogens is 3. The maximum Gasteiger partial charge on any atom is 0.0995 e. The van der Waals surface area contributed by atoms with Gasteiger partial charge in [-0.2, -0.15) is 0 Å². The lowest BCUT2D eigenvalue weighted by Crippen LogP contribution is -2.22. The Morgan fingerprint density at radius 1 is 1.32 bits per heavy atom. The van der Waals surface area contributed by atoms with Crippen molar-refractivity contribution in [3.05, 3.63) is 40.6 Å². The van der Waals surface area contributed by atoms with Gasteiger partial charge >= 0.3 is 0 Å². The molecule has 1 atom stereocenters. The molecular weight excluding hydrogens is 385 g/mol. The summed E-state index contributed by atoms with van der Waals surface area (Å²) in [7, 11) is 0. The van der Waals surface area contributed by atoms with Crippen LogP contribution in [0.3, 0.4) is 0 Å². The minimum atomic E-state index is 0.117. The lowest BCUT2D eigenvalue weighted by molar-refractivity contribution is 0.607. The Labute approximate surface area is 140 Å². The third kappa shape index (κ3) is 3.74. The van der Waals surface area contributed by atoms with Crippen molar-refractivity contribution < 1.29 is 0 Å². The van der Waals surface area contributed by atoms with Gasteiger partial charge in [0, 0.05) is 19.8 Å². The van der Waals surface area contributed by atoms with Crippen LogP contribution in [0.5, 0.6) is 0 Å². The quantitative estimate of drug-likeness (QED) is 0.625. The minimum absolute atomic E-state index is 0.117. The third-order valence-electron chi connectivity index (χ3n) is 2.75. The van der Waals surface area contributed by atoms with Crippen molar-refractivity contribution in [3.63, 3.8) is 0 Å². The number of nitrogens with one attached hydrogen (secondary N) is 1. The van der Waals surface area contributed by atoms with Crippen molar-refractivity contribution in [2.45, 2.75) is 26.3 Å². The highest BCUT2D eigenvalue weighted by Crippen LogP contribution is 2.40. The largest absolute Gasteiger partial charge is 0.306 e. The van der Waals surface area contributed by atoms with Gasteiger partial charge in [-0.1, -0.05) is 30.1 Å². The van der Waals surface area contributed by atoms with E-state index in [-0.39, 0.29) is 6.04 Å². The second-order valence-corrected chi connectivity index (χ2v) is 8.65. The van der Waals surface area contributed by atoms with E-state index in [0.717, 1.165) is 31.7 Å². The molecule has 0 aromatic carbocycles. The molecule has 1 unspecified atom stereocenters. The van der Waals surface area contributed by atoms with E-state index in [0.29, 0.717) is 0 Å². The molecule has 0 bridgehead atoms. The van der Waals surface area contributed by atoms with Crippen LogP contribution in [0.4, 0.5) is 0 Å². The van der Waals surface area contributed by atoms with Crippen molar-refractivity contribution in [2.75, 3.05) is 6.54 Å². The van der Waals surface area contributed by atoms with E-state index in [1.807, 2.05) is 6.07 Å². The van der Waals surface area contributed by atoms with Gasteiger partial charge in [0.15, 0.2) is 0 Å². The molecule has 2 rings (SSSR count). The molecule has 0 aliphatic heterocycles. The minimum Gasteiger partial charge on any atom is -0.306 e. The highest BCUT2D eigenvalue weighted by molar-refractivity contribution is 9.10. The van der Waals surface area contributed by atoms with Crippen LogP contribution in [-0.4, -0.2) is 6.54 Å². The van der Waals surface area contributed by atoms with E-state index in [2.05, 4.69) is 41.2 Å². The maximum absolute atomic E-state index is 6.30. The van der Waals surface area contributed by atoms with Crippen LogP contribution in [0.2, 0.25) is 8.67 Å². The third-order valence-corrected chi connectivity index (χ3v) is 6.47. The average molecular weight is 399 g/mol. The molecule has 0 aliphatic rings. The Hall–Kier alpha value is 0.420. The van der Waals surface area contributed by atoms with Gasteiger partial charge in [0.1, 0.15) is 0 Å². The first kappa shape index (κ1) is 15.8. The van der Waals surface area contributed by atoms with E-state index in [4.69, 9.17) is 23.2 Å². The molecule has 19 heavy (non-hydrogen) atoms. The van der Waals surface area contributed by atoms with Gasteiger partial charge in [-0.15, -0.1) is 22.7 Å². The Morgan fingerprint density at radius 3 is 2.53 bits per heavy atom. The molecule has 1 N–H and O–H groups in total. The maximum atomic E-state index is 6.30. The second kappa shape index (κ2) is 6.92. The number of thiophene rings is 2. The van der Waals surface area contributed by atoms with E-state index in [1.165, 1.54) is 21.1 Å². The fourth-order valence-corrected chi connectivity index (χ4v) is 5.01. The van der Waals surface area contributed by atoms with Crippen LogP contribution in [0.15, 0.2) is 16.6 Å². The van der Waals surface area contributed by atoms with E-state index in [9.17, 15) is 0 Å². The van der Waals surface area contributed by atoms with Crippen LogP contribution in [-0.2, 0) is 0 Å². The first-order valence-corrected chi connectivity index (χ1v) is 9.15. The molecule has 0 radical (unpaired) electrons. The number of aryl methyl sites for hydroxylation is 1. The topological polar surface area (TPSA) is 12.0 Å². The lowest BCUT2D eigenvalue weighted by atomic mass is 10.1. The molecule has 0 saturated carbocycles. The average Bonchev–Trinajstić information content (AvgIpc) is 2.84. The van der Waals surface area contributed by atoms with Crippen LogP contribution in [0.25, 0.3) is 0 Å². The Balaban J connectivity index is 2.38. The summed E-state index contributed by atoms with van der Waals surface area (Å²) in [5, 5.41) is 3.55. The molecule has 104 valence electrons. The lowest BCUT2D eigenvalue weighted by Gasteiger charge is -2.16. The zero-order valence-corrected chi connectivity index (χ0v) is 15.3. The first-order valence-electron chi connectivity index (χ1n) is 5.96. The summed E-state index contributed by atoms with van der Waals surface area (Å²) in [6.45, 7) is 5.21. The SMILES string of the molecule is CCCNC(c1cc(Br)c(C)s1)c1cc(Cl)sc1Cl. The van der Waals surface area contributed by atoms with Gasteiger partial charge < -0.3 is 5.32 Å². The fraction of sp³-hybridized carbons (Fsp3) is 0.385. The molecule has 2 aromatic rings. The smallest absolute Gasteiger partial charge is 0.0995 e. The number of hydrogen-bond donors (Lipinski definition) is 1. The van der Waals surface area contributed by atoms with Gasteiger partial charge in [0.2, 0.25) is 0 Å². The molecule has 0 amide bonds. The molecule has 2 heterocycles. The predicted octanol–water partition coefficient (Wildman–Crippen LogP) is 6.28. The monoisotopic (exact) mass is 397 g/mol. The summed E-state index contributed by atoms with van der Waals surface area (Å²) < 4.78 is 2.64. The van der Waals surface area contributed by atoms with Gasteiger partial charge in [0.25, 0.3) is 0 Å². The van der Waals surface area contributed by atoms with Gasteiger partial charge in [-0.3, -0.25) is 0 Å². The summed E-state index contributed by atoms with van der Waals surface area (Å²) in [5.74, 6) is 0. The first-order chi connectivity index (χ1) is 9.02. The standard InChI is InChI=1S/C13H14BrCl2NS2/c1-3-4-17-12(8-5-11(15)19-13(8)16)10-6-9(14)7(2)18-10/h5-6,12,17H,3-4H2,1-2H3. The van der Waals surface area contributed by atoms with Crippen LogP contribution < -0.4 is 5.32 Å². The van der Waals surface area contributed by atoms with Crippen molar-refractivity contribution in [1.29, 1.82) is 0 Å². The fourth-order valence-electron chi connectivity index (χ4n) is 1.83. The normalized spacial score (nSPS) is 12.9. The molecular formula is C13H14BrCl2NS2. The molecule has 0 fully saturated rings.